The molecule has 0 spiro atoms. The second-order valence-corrected chi connectivity index (χ2v) is 5.72. The monoisotopic (exact) mass is 370 g/mol. The minimum absolute atomic E-state index is 0.311. The van der Waals surface area contributed by atoms with Gasteiger partial charge in [-0.1, -0.05) is 19.1 Å². The van der Waals surface area contributed by atoms with Crippen molar-refractivity contribution in [2.75, 3.05) is 14.2 Å². The van der Waals surface area contributed by atoms with Gasteiger partial charge in [0.2, 0.25) is 0 Å². The highest BCUT2D eigenvalue weighted by molar-refractivity contribution is 6.22. The summed E-state index contributed by atoms with van der Waals surface area (Å²) in [5, 5.41) is 6.61. The molecule has 0 radical (unpaired) electrons. The maximum Gasteiger partial charge on any atom is 0.349 e. The Morgan fingerprint density at radius 2 is 1.84 bits per heavy atom. The summed E-state index contributed by atoms with van der Waals surface area (Å²) in [4.78, 5) is 11.9. The molecule has 2 rings (SSSR count). The molecule has 2 aromatic rings. The molecule has 0 unspecified atom stereocenters. The van der Waals surface area contributed by atoms with Crippen LogP contribution >= 0.6 is 11.6 Å². The van der Waals surface area contributed by atoms with Crippen molar-refractivity contribution < 1.29 is 28.2 Å². The molecule has 0 aliphatic rings. The van der Waals surface area contributed by atoms with Crippen LogP contribution in [0.5, 0.6) is 11.5 Å². The lowest BCUT2D eigenvalue weighted by atomic mass is 9.91. The molecular formula is C18H17ClF2O4. The Balaban J connectivity index is 2.80. The van der Waals surface area contributed by atoms with E-state index in [0.717, 1.165) is 13.2 Å². The lowest BCUT2D eigenvalue weighted by Crippen LogP contribution is -2.15. The van der Waals surface area contributed by atoms with E-state index < -0.39 is 28.2 Å². The van der Waals surface area contributed by atoms with Gasteiger partial charge in [-0.3, -0.25) is 0 Å². The van der Waals surface area contributed by atoms with Crippen molar-refractivity contribution in [2.24, 2.45) is 0 Å². The molecule has 0 aromatic heterocycles. The fraction of sp³-hybridized carbons (Fsp3) is 0.278. The molecule has 4 nitrogen and oxygen atoms in total. The number of carbonyl (C=O) groups excluding carboxylic acids is 1. The fourth-order valence-corrected chi connectivity index (χ4v) is 2.78. The van der Waals surface area contributed by atoms with Crippen LogP contribution in [0.3, 0.4) is 0 Å². The number of alkyl halides is 3. The van der Waals surface area contributed by atoms with E-state index in [2.05, 4.69) is 4.74 Å². The summed E-state index contributed by atoms with van der Waals surface area (Å²) in [6.45, 7) is 1.74. The summed E-state index contributed by atoms with van der Waals surface area (Å²) >= 11 is 5.17. The van der Waals surface area contributed by atoms with Crippen LogP contribution in [0.15, 0.2) is 30.3 Å². The van der Waals surface area contributed by atoms with Crippen LogP contribution < -0.4 is 4.74 Å². The summed E-state index contributed by atoms with van der Waals surface area (Å²) in [7, 11) is 2.55. The number of carbonyl (C=O) groups is 1. The third kappa shape index (κ3) is 3.69. The van der Waals surface area contributed by atoms with Gasteiger partial charge in [-0.2, -0.15) is 8.78 Å². The highest BCUT2D eigenvalue weighted by atomic mass is 35.5. The van der Waals surface area contributed by atoms with Crippen molar-refractivity contribution in [3.8, 4) is 22.6 Å². The van der Waals surface area contributed by atoms with E-state index in [1.165, 1.54) is 7.11 Å². The normalized spacial score (nSPS) is 11.3. The average molecular weight is 371 g/mol. The van der Waals surface area contributed by atoms with Crippen LogP contribution in [-0.4, -0.2) is 25.3 Å². The topological polar surface area (TPSA) is 55.8 Å². The third-order valence-electron chi connectivity index (χ3n) is 3.86. The molecular weight excluding hydrogens is 354 g/mol. The predicted molar refractivity (Wildman–Crippen MR) is 90.6 cm³/mol. The molecule has 0 saturated carbocycles. The second-order valence-electron chi connectivity index (χ2n) is 5.25. The van der Waals surface area contributed by atoms with Crippen LogP contribution in [-0.2, 0) is 16.5 Å². The quantitative estimate of drug-likeness (QED) is 0.612. The van der Waals surface area contributed by atoms with Gasteiger partial charge in [-0.25, -0.2) is 4.79 Å². The number of rotatable bonds is 5. The minimum atomic E-state index is -3.85. The Labute approximate surface area is 148 Å². The predicted octanol–water partition coefficient (Wildman–Crippen LogP) is 4.70. The molecule has 7 heteroatoms. The minimum Gasteiger partial charge on any atom is -0.507 e. The van der Waals surface area contributed by atoms with Crippen molar-refractivity contribution in [1.29, 1.82) is 0 Å². The van der Waals surface area contributed by atoms with Crippen molar-refractivity contribution in [3.63, 3.8) is 0 Å². The van der Waals surface area contributed by atoms with E-state index in [4.69, 9.17) is 16.3 Å². The first-order valence-corrected chi connectivity index (χ1v) is 7.81. The molecule has 134 valence electrons. The number of phenolic OH excluding ortho intramolecular Hbond substituents is 1. The molecule has 0 atom stereocenters. The molecule has 0 fully saturated rings. The van der Waals surface area contributed by atoms with Crippen molar-refractivity contribution >= 4 is 17.6 Å². The van der Waals surface area contributed by atoms with E-state index in [1.54, 1.807) is 31.2 Å². The second kappa shape index (κ2) is 7.27. The van der Waals surface area contributed by atoms with Crippen LogP contribution in [0.4, 0.5) is 8.78 Å². The number of ether oxygens (including phenoxy) is 2. The summed E-state index contributed by atoms with van der Waals surface area (Å²) in [6.07, 6.45) is 0.311. The molecule has 0 amide bonds. The van der Waals surface area contributed by atoms with Gasteiger partial charge in [-0.15, -0.1) is 0 Å². The van der Waals surface area contributed by atoms with Crippen molar-refractivity contribution in [3.05, 3.63) is 47.0 Å². The number of phenols is 1. The Hall–Kier alpha value is -2.34. The largest absolute Gasteiger partial charge is 0.507 e. The molecule has 0 heterocycles. The van der Waals surface area contributed by atoms with Gasteiger partial charge in [0.25, 0.3) is 0 Å². The Bertz CT molecular complexity index is 783. The summed E-state index contributed by atoms with van der Waals surface area (Å²) in [6, 6.07) is 7.78. The van der Waals surface area contributed by atoms with E-state index >= 15 is 0 Å². The average Bonchev–Trinajstić information content (AvgIpc) is 2.59. The van der Waals surface area contributed by atoms with Gasteiger partial charge in [0.05, 0.1) is 19.8 Å². The number of hydrogen-bond acceptors (Lipinski definition) is 4. The number of hydrogen-bond donors (Lipinski definition) is 1. The molecule has 0 bridgehead atoms. The highest BCUT2D eigenvalue weighted by Crippen LogP contribution is 2.44. The van der Waals surface area contributed by atoms with Crippen molar-refractivity contribution in [2.45, 2.75) is 18.7 Å². The van der Waals surface area contributed by atoms with Crippen LogP contribution in [0.2, 0.25) is 0 Å². The lowest BCUT2D eigenvalue weighted by Gasteiger charge is -2.20. The smallest absolute Gasteiger partial charge is 0.349 e. The van der Waals surface area contributed by atoms with Gasteiger partial charge in [0, 0.05) is 5.56 Å². The zero-order chi connectivity index (χ0) is 18.8. The summed E-state index contributed by atoms with van der Waals surface area (Å²) in [5.41, 5.74) is -0.162. The first-order chi connectivity index (χ1) is 11.7. The third-order valence-corrected chi connectivity index (χ3v) is 4.06. The number of methoxy groups -OCH3 is 2. The van der Waals surface area contributed by atoms with E-state index in [-0.39, 0.29) is 0 Å². The Kier molecular flexibility index (Phi) is 5.52. The number of aromatic hydroxyl groups is 1. The van der Waals surface area contributed by atoms with Gasteiger partial charge in [-0.05, 0) is 47.3 Å². The van der Waals surface area contributed by atoms with E-state index in [0.29, 0.717) is 28.9 Å². The maximum absolute atomic E-state index is 13.9. The molecule has 0 aliphatic carbocycles. The van der Waals surface area contributed by atoms with E-state index in [9.17, 15) is 18.7 Å². The highest BCUT2D eigenvalue weighted by Gasteiger charge is 2.37. The SMILES string of the molecule is CCc1c(-c2ccc(OC)cc2)cc(C(F)(F)Cl)c(C(=O)OC)c1O. The number of halogens is 3. The van der Waals surface area contributed by atoms with Crippen molar-refractivity contribution in [1.82, 2.24) is 0 Å². The summed E-state index contributed by atoms with van der Waals surface area (Å²) < 4.78 is 37.3. The molecule has 0 saturated heterocycles. The van der Waals surface area contributed by atoms with Crippen LogP contribution in [0.1, 0.15) is 28.4 Å². The number of esters is 1. The van der Waals surface area contributed by atoms with Crippen LogP contribution in [0, 0.1) is 0 Å². The Morgan fingerprint density at radius 3 is 2.28 bits per heavy atom. The zero-order valence-electron chi connectivity index (χ0n) is 13.9. The molecule has 0 aliphatic heterocycles. The summed E-state index contributed by atoms with van der Waals surface area (Å²) in [5.74, 6) is -1.04. The first-order valence-electron chi connectivity index (χ1n) is 7.43. The van der Waals surface area contributed by atoms with E-state index in [1.807, 2.05) is 0 Å². The zero-order valence-corrected chi connectivity index (χ0v) is 14.7. The van der Waals surface area contributed by atoms with Gasteiger partial charge in [0.15, 0.2) is 0 Å². The standard InChI is InChI=1S/C18H17ClF2O4/c1-4-12-13(10-5-7-11(24-2)8-6-10)9-14(18(19,20)21)15(16(12)22)17(23)25-3/h5-9,22H,4H2,1-3H3. The fourth-order valence-electron chi connectivity index (χ4n) is 2.63. The van der Waals surface area contributed by atoms with Gasteiger partial charge < -0.3 is 14.6 Å². The maximum atomic E-state index is 13.9. The first kappa shape index (κ1) is 19.0. The molecule has 25 heavy (non-hydrogen) atoms. The van der Waals surface area contributed by atoms with Crippen LogP contribution in [0.25, 0.3) is 11.1 Å². The lowest BCUT2D eigenvalue weighted by molar-refractivity contribution is 0.0566. The molecule has 1 N–H and O–H groups in total. The van der Waals surface area contributed by atoms with Gasteiger partial charge >= 0.3 is 11.4 Å². The molecule has 2 aromatic carbocycles. The van der Waals surface area contributed by atoms with Gasteiger partial charge in [0.1, 0.15) is 17.1 Å². The number of benzene rings is 2. The Morgan fingerprint density at radius 1 is 1.24 bits per heavy atom.